The Kier molecular flexibility index (Phi) is 5.15. The molecule has 0 fully saturated rings. The molecular weight excluding hydrogens is 438 g/mol. The third-order valence-electron chi connectivity index (χ3n) is 4.88. The van der Waals surface area contributed by atoms with Crippen molar-refractivity contribution in [1.82, 2.24) is 4.90 Å². The summed E-state index contributed by atoms with van der Waals surface area (Å²) >= 11 is 3.50. The number of carbonyl (C=O) groups excluding carboxylic acids is 2. The zero-order valence-electron chi connectivity index (χ0n) is 15.9. The summed E-state index contributed by atoms with van der Waals surface area (Å²) < 4.78 is 16.5. The van der Waals surface area contributed by atoms with Crippen LogP contribution >= 0.6 is 15.9 Å². The van der Waals surface area contributed by atoms with Crippen LogP contribution in [0.2, 0.25) is 0 Å². The van der Waals surface area contributed by atoms with Crippen LogP contribution in [0, 0.1) is 0 Å². The van der Waals surface area contributed by atoms with E-state index in [0.29, 0.717) is 29.3 Å². The summed E-state index contributed by atoms with van der Waals surface area (Å²) in [6.45, 7) is 2.27. The average molecular weight is 456 g/mol. The Hall–Kier alpha value is -3.06. The molecule has 148 valence electrons. The maximum Gasteiger partial charge on any atom is 0.340 e. The Morgan fingerprint density at radius 1 is 1.21 bits per heavy atom. The lowest BCUT2D eigenvalue weighted by Crippen LogP contribution is -2.24. The standard InChI is InChI=1S/C22H18BrNO5/c1-13-20(22(26)27-2)16(21(25)24(13)11-14-6-4-3-5-7-14)8-15-9-18-19(10-17(15)23)29-12-28-18/h3-10H,11-12H2,1-2H3/b16-8-. The zero-order chi connectivity index (χ0) is 20.5. The Morgan fingerprint density at radius 3 is 2.59 bits per heavy atom. The van der Waals surface area contributed by atoms with Crippen molar-refractivity contribution in [3.63, 3.8) is 0 Å². The fourth-order valence-corrected chi connectivity index (χ4v) is 3.82. The lowest BCUT2D eigenvalue weighted by atomic mass is 10.0. The normalized spacial score (nSPS) is 16.7. The number of fused-ring (bicyclic) bond motifs is 1. The second-order valence-electron chi connectivity index (χ2n) is 6.61. The van der Waals surface area contributed by atoms with Gasteiger partial charge in [0.05, 0.1) is 24.8 Å². The van der Waals surface area contributed by atoms with Gasteiger partial charge in [0.2, 0.25) is 6.79 Å². The van der Waals surface area contributed by atoms with Gasteiger partial charge in [0, 0.05) is 10.2 Å². The number of hydrogen-bond acceptors (Lipinski definition) is 5. The van der Waals surface area contributed by atoms with Crippen molar-refractivity contribution in [3.8, 4) is 11.5 Å². The number of ether oxygens (including phenoxy) is 3. The van der Waals surface area contributed by atoms with E-state index in [1.807, 2.05) is 30.3 Å². The quantitative estimate of drug-likeness (QED) is 0.513. The van der Waals surface area contributed by atoms with E-state index in [-0.39, 0.29) is 23.8 Å². The molecule has 1 amide bonds. The maximum absolute atomic E-state index is 13.2. The van der Waals surface area contributed by atoms with Crippen molar-refractivity contribution in [2.75, 3.05) is 13.9 Å². The number of allylic oxidation sites excluding steroid dienone is 1. The second kappa shape index (κ2) is 7.75. The number of methoxy groups -OCH3 is 1. The first-order valence-corrected chi connectivity index (χ1v) is 9.75. The molecule has 0 N–H and O–H groups in total. The highest BCUT2D eigenvalue weighted by atomic mass is 79.9. The van der Waals surface area contributed by atoms with Gasteiger partial charge in [-0.1, -0.05) is 46.3 Å². The van der Waals surface area contributed by atoms with Crippen LogP contribution in [0.4, 0.5) is 0 Å². The fourth-order valence-electron chi connectivity index (χ4n) is 3.38. The topological polar surface area (TPSA) is 65.1 Å². The Labute approximate surface area is 176 Å². The van der Waals surface area contributed by atoms with Gasteiger partial charge in [0.15, 0.2) is 11.5 Å². The minimum Gasteiger partial charge on any atom is -0.465 e. The molecule has 7 heteroatoms. The molecule has 0 unspecified atom stereocenters. The first-order valence-electron chi connectivity index (χ1n) is 8.95. The molecular formula is C22H18BrNO5. The van der Waals surface area contributed by atoms with Crippen LogP contribution < -0.4 is 9.47 Å². The summed E-state index contributed by atoms with van der Waals surface area (Å²) in [7, 11) is 1.31. The van der Waals surface area contributed by atoms with Crippen molar-refractivity contribution in [3.05, 3.63) is 74.9 Å². The monoisotopic (exact) mass is 455 g/mol. The molecule has 2 aliphatic rings. The van der Waals surface area contributed by atoms with Crippen molar-refractivity contribution >= 4 is 33.9 Å². The second-order valence-corrected chi connectivity index (χ2v) is 7.47. The van der Waals surface area contributed by atoms with Crippen molar-refractivity contribution in [2.24, 2.45) is 0 Å². The molecule has 0 aromatic heterocycles. The predicted molar refractivity (Wildman–Crippen MR) is 110 cm³/mol. The van der Waals surface area contributed by atoms with Crippen LogP contribution in [-0.2, 0) is 20.9 Å². The number of hydrogen-bond donors (Lipinski definition) is 0. The summed E-state index contributed by atoms with van der Waals surface area (Å²) in [5.74, 6) is 0.417. The molecule has 0 saturated carbocycles. The summed E-state index contributed by atoms with van der Waals surface area (Å²) in [5, 5.41) is 0. The van der Waals surface area contributed by atoms with Crippen molar-refractivity contribution in [1.29, 1.82) is 0 Å². The van der Waals surface area contributed by atoms with E-state index in [1.54, 1.807) is 30.0 Å². The molecule has 0 atom stereocenters. The molecule has 2 aromatic rings. The number of nitrogens with zero attached hydrogens (tertiary/aromatic N) is 1. The minimum atomic E-state index is -0.547. The number of rotatable bonds is 4. The van der Waals surface area contributed by atoms with E-state index in [9.17, 15) is 9.59 Å². The van der Waals surface area contributed by atoms with Gasteiger partial charge in [-0.05, 0) is 36.3 Å². The van der Waals surface area contributed by atoms with Gasteiger partial charge in [0.1, 0.15) is 0 Å². The number of benzene rings is 2. The van der Waals surface area contributed by atoms with Gasteiger partial charge in [-0.3, -0.25) is 4.79 Å². The lowest BCUT2D eigenvalue weighted by Gasteiger charge is -2.17. The molecule has 0 spiro atoms. The third kappa shape index (κ3) is 3.53. The van der Waals surface area contributed by atoms with Crippen molar-refractivity contribution in [2.45, 2.75) is 13.5 Å². The van der Waals surface area contributed by atoms with Gasteiger partial charge in [-0.25, -0.2) is 4.79 Å². The fraction of sp³-hybridized carbons (Fsp3) is 0.182. The van der Waals surface area contributed by atoms with Crippen LogP contribution in [-0.4, -0.2) is 30.7 Å². The van der Waals surface area contributed by atoms with E-state index in [2.05, 4.69) is 15.9 Å². The Morgan fingerprint density at radius 2 is 1.90 bits per heavy atom. The van der Waals surface area contributed by atoms with Crippen molar-refractivity contribution < 1.29 is 23.8 Å². The van der Waals surface area contributed by atoms with Gasteiger partial charge < -0.3 is 19.1 Å². The van der Waals surface area contributed by atoms with Crippen LogP contribution in [0.3, 0.4) is 0 Å². The zero-order valence-corrected chi connectivity index (χ0v) is 17.5. The van der Waals surface area contributed by atoms with Gasteiger partial charge in [-0.15, -0.1) is 0 Å². The van der Waals surface area contributed by atoms with Gasteiger partial charge in [-0.2, -0.15) is 0 Å². The van der Waals surface area contributed by atoms with Crippen LogP contribution in [0.5, 0.6) is 11.5 Å². The Bertz CT molecular complexity index is 1060. The minimum absolute atomic E-state index is 0.151. The molecule has 4 rings (SSSR count). The number of halogens is 1. The lowest BCUT2D eigenvalue weighted by molar-refractivity contribution is -0.136. The third-order valence-corrected chi connectivity index (χ3v) is 5.56. The highest BCUT2D eigenvalue weighted by Gasteiger charge is 2.37. The molecule has 0 saturated heterocycles. The smallest absolute Gasteiger partial charge is 0.340 e. The summed E-state index contributed by atoms with van der Waals surface area (Å²) in [6, 6.07) is 13.2. The largest absolute Gasteiger partial charge is 0.465 e. The average Bonchev–Trinajstić information content (AvgIpc) is 3.26. The molecule has 2 aliphatic heterocycles. The van der Waals surface area contributed by atoms with Gasteiger partial charge >= 0.3 is 5.97 Å². The summed E-state index contributed by atoms with van der Waals surface area (Å²) in [5.41, 5.74) is 2.78. The SMILES string of the molecule is COC(=O)C1=C(C)N(Cc2ccccc2)C(=O)/C1=C\c1cc2c(cc1Br)OCO2. The van der Waals surface area contributed by atoms with Crippen LogP contribution in [0.25, 0.3) is 6.08 Å². The molecule has 2 heterocycles. The van der Waals surface area contributed by atoms with Crippen LogP contribution in [0.15, 0.2) is 63.8 Å². The molecule has 0 bridgehead atoms. The molecule has 0 radical (unpaired) electrons. The van der Waals surface area contributed by atoms with Crippen LogP contribution in [0.1, 0.15) is 18.1 Å². The number of esters is 1. The summed E-state index contributed by atoms with van der Waals surface area (Å²) in [4.78, 5) is 27.3. The first-order chi connectivity index (χ1) is 14.0. The van der Waals surface area contributed by atoms with E-state index in [4.69, 9.17) is 14.2 Å². The van der Waals surface area contributed by atoms with E-state index < -0.39 is 5.97 Å². The maximum atomic E-state index is 13.2. The number of carbonyl (C=O) groups is 2. The molecule has 0 aliphatic carbocycles. The molecule has 29 heavy (non-hydrogen) atoms. The predicted octanol–water partition coefficient (Wildman–Crippen LogP) is 4.05. The Balaban J connectivity index is 1.77. The highest BCUT2D eigenvalue weighted by molar-refractivity contribution is 9.10. The van der Waals surface area contributed by atoms with Gasteiger partial charge in [0.25, 0.3) is 5.91 Å². The van der Waals surface area contributed by atoms with E-state index in [0.717, 1.165) is 10.0 Å². The molecule has 2 aromatic carbocycles. The number of amides is 1. The van der Waals surface area contributed by atoms with E-state index >= 15 is 0 Å². The van der Waals surface area contributed by atoms with E-state index in [1.165, 1.54) is 7.11 Å². The summed E-state index contributed by atoms with van der Waals surface area (Å²) in [6.07, 6.45) is 1.68. The first kappa shape index (κ1) is 19.3. The molecule has 6 nitrogen and oxygen atoms in total. The highest BCUT2D eigenvalue weighted by Crippen LogP contribution is 2.39.